The van der Waals surface area contributed by atoms with Gasteiger partial charge in [0.05, 0.1) is 0 Å². The first-order valence-corrected chi connectivity index (χ1v) is 5.74. The number of ether oxygens (including phenoxy) is 1. The predicted molar refractivity (Wildman–Crippen MR) is 59.4 cm³/mol. The first-order chi connectivity index (χ1) is 6.75. The topological polar surface area (TPSA) is 38.5 Å². The van der Waals surface area contributed by atoms with Gasteiger partial charge in [-0.1, -0.05) is 6.42 Å². The fraction of sp³-hybridized carbons (Fsp3) is 1.00. The molecule has 2 unspecified atom stereocenters. The zero-order valence-electron chi connectivity index (χ0n) is 9.54. The van der Waals surface area contributed by atoms with E-state index in [2.05, 4.69) is 11.8 Å². The molecule has 0 radical (unpaired) electrons. The van der Waals surface area contributed by atoms with Crippen LogP contribution in [-0.4, -0.2) is 43.8 Å². The maximum absolute atomic E-state index is 5.99. The van der Waals surface area contributed by atoms with Crippen LogP contribution in [0.4, 0.5) is 0 Å². The van der Waals surface area contributed by atoms with Gasteiger partial charge in [0, 0.05) is 32.3 Å². The average molecular weight is 200 g/mol. The molecule has 0 aromatic rings. The van der Waals surface area contributed by atoms with Crippen LogP contribution < -0.4 is 5.73 Å². The van der Waals surface area contributed by atoms with Crippen molar-refractivity contribution in [2.24, 2.45) is 5.73 Å². The van der Waals surface area contributed by atoms with Crippen molar-refractivity contribution >= 4 is 0 Å². The molecule has 2 atom stereocenters. The third kappa shape index (κ3) is 3.56. The van der Waals surface area contributed by atoms with Gasteiger partial charge in [-0.15, -0.1) is 0 Å². The predicted octanol–water partition coefficient (Wildman–Crippen LogP) is 1.22. The Bertz CT molecular complexity index is 150. The molecule has 0 aliphatic carbocycles. The molecule has 3 nitrogen and oxygen atoms in total. The summed E-state index contributed by atoms with van der Waals surface area (Å²) in [5.41, 5.74) is 5.99. The van der Waals surface area contributed by atoms with E-state index in [0.29, 0.717) is 12.1 Å². The van der Waals surface area contributed by atoms with Gasteiger partial charge >= 0.3 is 0 Å². The molecule has 14 heavy (non-hydrogen) atoms. The number of piperidine rings is 1. The van der Waals surface area contributed by atoms with Crippen LogP contribution in [0, 0.1) is 0 Å². The Kier molecular flexibility index (Phi) is 5.45. The normalized spacial score (nSPS) is 26.4. The molecule has 1 saturated heterocycles. The van der Waals surface area contributed by atoms with Crippen molar-refractivity contribution in [2.45, 2.75) is 44.7 Å². The lowest BCUT2D eigenvalue weighted by Gasteiger charge is -2.38. The fourth-order valence-electron chi connectivity index (χ4n) is 2.30. The number of nitrogens with two attached hydrogens (primary N) is 1. The molecule has 0 aromatic carbocycles. The summed E-state index contributed by atoms with van der Waals surface area (Å²) >= 11 is 0. The minimum Gasteiger partial charge on any atom is -0.385 e. The molecule has 1 heterocycles. The van der Waals surface area contributed by atoms with E-state index < -0.39 is 0 Å². The zero-order valence-corrected chi connectivity index (χ0v) is 9.54. The average Bonchev–Trinajstić information content (AvgIpc) is 2.19. The van der Waals surface area contributed by atoms with Gasteiger partial charge in [-0.25, -0.2) is 0 Å². The molecule has 0 spiro atoms. The van der Waals surface area contributed by atoms with Crippen molar-refractivity contribution in [3.63, 3.8) is 0 Å². The number of nitrogens with zero attached hydrogens (tertiary/aromatic N) is 1. The Labute approximate surface area is 87.6 Å². The SMILES string of the molecule is COCCCN1CCCCC1C(C)N. The summed E-state index contributed by atoms with van der Waals surface area (Å²) in [6, 6.07) is 0.901. The number of likely N-dealkylation sites (tertiary alicyclic amines) is 1. The second kappa shape index (κ2) is 6.38. The third-order valence-electron chi connectivity index (χ3n) is 3.06. The molecule has 3 heteroatoms. The summed E-state index contributed by atoms with van der Waals surface area (Å²) in [5, 5.41) is 0. The Morgan fingerprint density at radius 3 is 2.93 bits per heavy atom. The van der Waals surface area contributed by atoms with Crippen LogP contribution in [0.3, 0.4) is 0 Å². The summed E-state index contributed by atoms with van der Waals surface area (Å²) in [6.07, 6.45) is 5.06. The maximum Gasteiger partial charge on any atom is 0.0474 e. The van der Waals surface area contributed by atoms with Crippen LogP contribution in [0.25, 0.3) is 0 Å². The first kappa shape index (κ1) is 12.0. The van der Waals surface area contributed by atoms with E-state index in [0.717, 1.165) is 19.6 Å². The summed E-state index contributed by atoms with van der Waals surface area (Å²) in [5.74, 6) is 0. The highest BCUT2D eigenvalue weighted by molar-refractivity contribution is 4.82. The van der Waals surface area contributed by atoms with E-state index in [4.69, 9.17) is 10.5 Å². The molecule has 1 rings (SSSR count). The van der Waals surface area contributed by atoms with Crippen LogP contribution in [-0.2, 0) is 4.74 Å². The van der Waals surface area contributed by atoms with Gasteiger partial charge in [-0.3, -0.25) is 4.90 Å². The van der Waals surface area contributed by atoms with Gasteiger partial charge in [0.2, 0.25) is 0 Å². The first-order valence-electron chi connectivity index (χ1n) is 5.74. The van der Waals surface area contributed by atoms with Crippen LogP contribution in [0.2, 0.25) is 0 Å². The number of rotatable bonds is 5. The summed E-state index contributed by atoms with van der Waals surface area (Å²) in [7, 11) is 1.76. The fourth-order valence-corrected chi connectivity index (χ4v) is 2.30. The lowest BCUT2D eigenvalue weighted by Crippen LogP contribution is -2.49. The molecule has 0 saturated carbocycles. The second-order valence-electron chi connectivity index (χ2n) is 4.30. The van der Waals surface area contributed by atoms with E-state index >= 15 is 0 Å². The molecular weight excluding hydrogens is 176 g/mol. The smallest absolute Gasteiger partial charge is 0.0474 e. The van der Waals surface area contributed by atoms with Gasteiger partial charge in [0.1, 0.15) is 0 Å². The lowest BCUT2D eigenvalue weighted by atomic mass is 9.97. The minimum atomic E-state index is 0.304. The van der Waals surface area contributed by atoms with Crippen LogP contribution >= 0.6 is 0 Å². The number of hydrogen-bond donors (Lipinski definition) is 1. The van der Waals surface area contributed by atoms with Gasteiger partial charge in [-0.05, 0) is 32.7 Å². The molecule has 1 aliphatic rings. The standard InChI is InChI=1S/C11H24N2O/c1-10(12)11-6-3-4-7-13(11)8-5-9-14-2/h10-11H,3-9,12H2,1-2H3. The number of hydrogen-bond acceptors (Lipinski definition) is 3. The zero-order chi connectivity index (χ0) is 10.4. The van der Waals surface area contributed by atoms with Crippen molar-refractivity contribution in [1.29, 1.82) is 0 Å². The molecule has 2 N–H and O–H groups in total. The van der Waals surface area contributed by atoms with Crippen molar-refractivity contribution in [3.8, 4) is 0 Å². The van der Waals surface area contributed by atoms with Gasteiger partial charge < -0.3 is 10.5 Å². The highest BCUT2D eigenvalue weighted by Crippen LogP contribution is 2.18. The van der Waals surface area contributed by atoms with Gasteiger partial charge in [0.15, 0.2) is 0 Å². The Balaban J connectivity index is 2.30. The van der Waals surface area contributed by atoms with Crippen LogP contribution in [0.1, 0.15) is 32.6 Å². The van der Waals surface area contributed by atoms with Crippen molar-refractivity contribution < 1.29 is 4.74 Å². The Morgan fingerprint density at radius 1 is 1.50 bits per heavy atom. The molecule has 0 bridgehead atoms. The van der Waals surface area contributed by atoms with E-state index in [1.165, 1.54) is 25.8 Å². The monoisotopic (exact) mass is 200 g/mol. The van der Waals surface area contributed by atoms with Crippen molar-refractivity contribution in [2.75, 3.05) is 26.8 Å². The van der Waals surface area contributed by atoms with Gasteiger partial charge in [0.25, 0.3) is 0 Å². The van der Waals surface area contributed by atoms with E-state index in [-0.39, 0.29) is 0 Å². The number of methoxy groups -OCH3 is 1. The summed E-state index contributed by atoms with van der Waals surface area (Å²) in [6.45, 7) is 5.34. The molecule has 84 valence electrons. The Hall–Kier alpha value is -0.120. The quantitative estimate of drug-likeness (QED) is 0.678. The van der Waals surface area contributed by atoms with E-state index in [9.17, 15) is 0 Å². The summed E-state index contributed by atoms with van der Waals surface area (Å²) < 4.78 is 5.07. The highest BCUT2D eigenvalue weighted by Gasteiger charge is 2.24. The molecule has 1 aliphatic heterocycles. The van der Waals surface area contributed by atoms with Gasteiger partial charge in [-0.2, -0.15) is 0 Å². The third-order valence-corrected chi connectivity index (χ3v) is 3.06. The molecule has 1 fully saturated rings. The summed E-state index contributed by atoms with van der Waals surface area (Å²) in [4.78, 5) is 2.53. The second-order valence-corrected chi connectivity index (χ2v) is 4.30. The highest BCUT2D eigenvalue weighted by atomic mass is 16.5. The largest absolute Gasteiger partial charge is 0.385 e. The Morgan fingerprint density at radius 2 is 2.29 bits per heavy atom. The van der Waals surface area contributed by atoms with Crippen LogP contribution in [0.15, 0.2) is 0 Å². The van der Waals surface area contributed by atoms with E-state index in [1.54, 1.807) is 7.11 Å². The van der Waals surface area contributed by atoms with E-state index in [1.807, 2.05) is 0 Å². The molecule has 0 aromatic heterocycles. The molecular formula is C11H24N2O. The van der Waals surface area contributed by atoms with Crippen molar-refractivity contribution in [1.82, 2.24) is 4.90 Å². The molecule has 0 amide bonds. The lowest BCUT2D eigenvalue weighted by molar-refractivity contribution is 0.110. The maximum atomic E-state index is 5.99. The van der Waals surface area contributed by atoms with Crippen molar-refractivity contribution in [3.05, 3.63) is 0 Å². The minimum absolute atomic E-state index is 0.304. The van der Waals surface area contributed by atoms with Crippen LogP contribution in [0.5, 0.6) is 0 Å².